The van der Waals surface area contributed by atoms with Crippen LogP contribution in [0, 0.1) is 13.8 Å². The predicted octanol–water partition coefficient (Wildman–Crippen LogP) is 2.42. The highest BCUT2D eigenvalue weighted by molar-refractivity contribution is 5.44. The molecule has 0 saturated carbocycles. The van der Waals surface area contributed by atoms with Crippen molar-refractivity contribution < 1.29 is 25.2 Å². The second-order valence-corrected chi connectivity index (χ2v) is 5.67. The Kier molecular flexibility index (Phi) is 5.60. The molecule has 0 heterocycles. The summed E-state index contributed by atoms with van der Waals surface area (Å²) in [5.41, 5.74) is 3.94. The van der Waals surface area contributed by atoms with E-state index in [9.17, 15) is 20.4 Å². The van der Waals surface area contributed by atoms with E-state index in [4.69, 9.17) is 4.74 Å². The topological polar surface area (TPSA) is 90.2 Å². The normalized spacial score (nSPS) is 11.0. The van der Waals surface area contributed by atoms with Crippen molar-refractivity contribution >= 4 is 0 Å². The molecule has 0 radical (unpaired) electrons. The van der Waals surface area contributed by atoms with Crippen molar-refractivity contribution in [3.63, 3.8) is 0 Å². The number of aliphatic hydroxyl groups is 2. The third kappa shape index (κ3) is 4.01. The number of rotatable bonds is 6. The number of phenols is 2. The molecular formula is C18H22O5. The Bertz CT molecular complexity index is 635. The van der Waals surface area contributed by atoms with E-state index < -0.39 is 0 Å². The Morgan fingerprint density at radius 2 is 1.04 bits per heavy atom. The average Bonchev–Trinajstić information content (AvgIpc) is 2.53. The predicted molar refractivity (Wildman–Crippen MR) is 86.0 cm³/mol. The first-order chi connectivity index (χ1) is 11.0. The summed E-state index contributed by atoms with van der Waals surface area (Å²) in [4.78, 5) is 0. The zero-order valence-electron chi connectivity index (χ0n) is 13.3. The Balaban J connectivity index is 2.12. The van der Waals surface area contributed by atoms with Crippen molar-refractivity contribution in [3.8, 4) is 11.5 Å². The Morgan fingerprint density at radius 1 is 0.696 bits per heavy atom. The minimum absolute atomic E-state index is 0.0302. The van der Waals surface area contributed by atoms with E-state index in [-0.39, 0.29) is 37.9 Å². The molecule has 0 aliphatic rings. The fourth-order valence-corrected chi connectivity index (χ4v) is 2.60. The maximum Gasteiger partial charge on any atom is 0.126 e. The molecule has 0 aliphatic carbocycles. The van der Waals surface area contributed by atoms with Crippen molar-refractivity contribution in [3.05, 3.63) is 57.6 Å². The monoisotopic (exact) mass is 318 g/mol. The van der Waals surface area contributed by atoms with Gasteiger partial charge in [0.2, 0.25) is 0 Å². The summed E-state index contributed by atoms with van der Waals surface area (Å²) in [6.45, 7) is 3.59. The van der Waals surface area contributed by atoms with Crippen molar-refractivity contribution in [2.24, 2.45) is 0 Å². The Labute approximate surface area is 135 Å². The van der Waals surface area contributed by atoms with Crippen molar-refractivity contribution in [1.82, 2.24) is 0 Å². The van der Waals surface area contributed by atoms with Crippen LogP contribution in [-0.2, 0) is 31.2 Å². The first kappa shape index (κ1) is 17.3. The molecule has 0 bridgehead atoms. The van der Waals surface area contributed by atoms with Crippen LogP contribution < -0.4 is 0 Å². The average molecular weight is 318 g/mol. The second-order valence-electron chi connectivity index (χ2n) is 5.67. The first-order valence-corrected chi connectivity index (χ1v) is 7.38. The maximum absolute atomic E-state index is 10.1. The second kappa shape index (κ2) is 7.46. The first-order valence-electron chi connectivity index (χ1n) is 7.38. The van der Waals surface area contributed by atoms with E-state index in [1.165, 1.54) is 0 Å². The standard InChI is InChI=1S/C18H22O5/c1-11-3-13(7-19)17(21)15(5-11)9-23-10-16-6-12(2)4-14(8-20)18(16)22/h3-6,19-22H,7-10H2,1-2H3. The van der Waals surface area contributed by atoms with Crippen LogP contribution in [0.1, 0.15) is 33.4 Å². The van der Waals surface area contributed by atoms with E-state index in [1.807, 2.05) is 13.8 Å². The number of benzene rings is 2. The van der Waals surface area contributed by atoms with Gasteiger partial charge in [0.25, 0.3) is 0 Å². The van der Waals surface area contributed by atoms with Gasteiger partial charge in [-0.05, 0) is 13.8 Å². The Hall–Kier alpha value is -2.08. The van der Waals surface area contributed by atoms with Crippen LogP contribution in [0.15, 0.2) is 24.3 Å². The molecule has 0 atom stereocenters. The van der Waals surface area contributed by atoms with Gasteiger partial charge < -0.3 is 25.2 Å². The van der Waals surface area contributed by atoms with Crippen LogP contribution in [0.4, 0.5) is 0 Å². The lowest BCUT2D eigenvalue weighted by atomic mass is 10.0. The van der Waals surface area contributed by atoms with Crippen molar-refractivity contribution in [1.29, 1.82) is 0 Å². The van der Waals surface area contributed by atoms with E-state index in [1.54, 1.807) is 24.3 Å². The molecule has 0 aliphatic heterocycles. The fraction of sp³-hybridized carbons (Fsp3) is 0.333. The van der Waals surface area contributed by atoms with Crippen LogP contribution in [0.2, 0.25) is 0 Å². The van der Waals surface area contributed by atoms with Gasteiger partial charge in [0, 0.05) is 22.3 Å². The van der Waals surface area contributed by atoms with Gasteiger partial charge in [-0.2, -0.15) is 0 Å². The van der Waals surface area contributed by atoms with Gasteiger partial charge in [0.05, 0.1) is 26.4 Å². The molecule has 0 aromatic heterocycles. The minimum atomic E-state index is -0.237. The van der Waals surface area contributed by atoms with E-state index in [0.29, 0.717) is 22.3 Å². The molecule has 0 unspecified atom stereocenters. The third-order valence-corrected chi connectivity index (χ3v) is 3.68. The molecule has 0 fully saturated rings. The lowest BCUT2D eigenvalue weighted by Gasteiger charge is -2.13. The zero-order chi connectivity index (χ0) is 17.0. The Morgan fingerprint density at radius 3 is 1.39 bits per heavy atom. The van der Waals surface area contributed by atoms with Crippen LogP contribution in [0.25, 0.3) is 0 Å². The molecule has 5 heteroatoms. The van der Waals surface area contributed by atoms with E-state index in [0.717, 1.165) is 11.1 Å². The molecule has 4 N–H and O–H groups in total. The van der Waals surface area contributed by atoms with Gasteiger partial charge in [-0.15, -0.1) is 0 Å². The smallest absolute Gasteiger partial charge is 0.126 e. The molecular weight excluding hydrogens is 296 g/mol. The van der Waals surface area contributed by atoms with Crippen LogP contribution in [0.5, 0.6) is 11.5 Å². The van der Waals surface area contributed by atoms with Crippen molar-refractivity contribution in [2.75, 3.05) is 0 Å². The summed E-state index contributed by atoms with van der Waals surface area (Å²) in [5, 5.41) is 38.6. The molecule has 124 valence electrons. The SMILES string of the molecule is Cc1cc(CO)c(O)c(COCc2cc(C)cc(CO)c2O)c1. The van der Waals surface area contributed by atoms with Gasteiger partial charge in [-0.1, -0.05) is 35.4 Å². The van der Waals surface area contributed by atoms with Crippen LogP contribution in [0.3, 0.4) is 0 Å². The highest BCUT2D eigenvalue weighted by Crippen LogP contribution is 2.28. The zero-order valence-corrected chi connectivity index (χ0v) is 13.3. The molecule has 2 aromatic rings. The maximum atomic E-state index is 10.1. The molecule has 0 saturated heterocycles. The summed E-state index contributed by atoms with van der Waals surface area (Å²) in [6.07, 6.45) is 0. The van der Waals surface area contributed by atoms with Gasteiger partial charge in [-0.3, -0.25) is 0 Å². The third-order valence-electron chi connectivity index (χ3n) is 3.68. The summed E-state index contributed by atoms with van der Waals surface area (Å²) in [5.74, 6) is 0.0604. The molecule has 0 amide bonds. The number of hydrogen-bond acceptors (Lipinski definition) is 5. The highest BCUT2D eigenvalue weighted by atomic mass is 16.5. The number of aromatic hydroxyl groups is 2. The summed E-state index contributed by atoms with van der Waals surface area (Å²) >= 11 is 0. The van der Waals surface area contributed by atoms with E-state index >= 15 is 0 Å². The number of hydrogen-bond donors (Lipinski definition) is 4. The van der Waals surface area contributed by atoms with E-state index in [2.05, 4.69) is 0 Å². The van der Waals surface area contributed by atoms with Crippen molar-refractivity contribution in [2.45, 2.75) is 40.3 Å². The molecule has 5 nitrogen and oxygen atoms in total. The molecule has 0 spiro atoms. The van der Waals surface area contributed by atoms with Gasteiger partial charge in [0.15, 0.2) is 0 Å². The summed E-state index contributed by atoms with van der Waals surface area (Å²) in [7, 11) is 0. The highest BCUT2D eigenvalue weighted by Gasteiger charge is 2.11. The largest absolute Gasteiger partial charge is 0.507 e. The lowest BCUT2D eigenvalue weighted by Crippen LogP contribution is -2.00. The number of ether oxygens (including phenoxy) is 1. The van der Waals surface area contributed by atoms with Crippen LogP contribution in [-0.4, -0.2) is 20.4 Å². The molecule has 2 aromatic carbocycles. The van der Waals surface area contributed by atoms with Gasteiger partial charge in [0.1, 0.15) is 11.5 Å². The van der Waals surface area contributed by atoms with Gasteiger partial charge >= 0.3 is 0 Å². The molecule has 2 rings (SSSR count). The fourth-order valence-electron chi connectivity index (χ4n) is 2.60. The minimum Gasteiger partial charge on any atom is -0.507 e. The van der Waals surface area contributed by atoms with Gasteiger partial charge in [-0.25, -0.2) is 0 Å². The quantitative estimate of drug-likeness (QED) is 0.657. The number of aryl methyl sites for hydroxylation is 2. The lowest BCUT2D eigenvalue weighted by molar-refractivity contribution is 0.103. The number of aliphatic hydroxyl groups excluding tert-OH is 2. The van der Waals surface area contributed by atoms with Crippen LogP contribution >= 0.6 is 0 Å². The summed E-state index contributed by atoms with van der Waals surface area (Å²) < 4.78 is 5.59. The molecule has 23 heavy (non-hydrogen) atoms. The summed E-state index contributed by atoms with van der Waals surface area (Å²) in [6, 6.07) is 7.03.